The summed E-state index contributed by atoms with van der Waals surface area (Å²) in [5, 5.41) is 0. The van der Waals surface area contributed by atoms with Crippen molar-refractivity contribution in [3.8, 4) is 0 Å². The number of hydrogen-bond acceptors (Lipinski definition) is 1. The highest BCUT2D eigenvalue weighted by Gasteiger charge is 1.70. The predicted molar refractivity (Wildman–Crippen MR) is 33.4 cm³/mol. The molecule has 0 aromatic rings. The highest BCUT2D eigenvalue weighted by molar-refractivity contribution is 9.09. The first-order valence-corrected chi connectivity index (χ1v) is 4.98. The molecule has 0 aromatic heterocycles. The van der Waals surface area contributed by atoms with Gasteiger partial charge in [0, 0.05) is 4.95 Å². The summed E-state index contributed by atoms with van der Waals surface area (Å²) in [6, 6.07) is 0. The minimum Gasteiger partial charge on any atom is -0.467 e. The highest BCUT2D eigenvalue weighted by atomic mass is 79.9. The normalized spacial score (nSPS) is 11.4. The molecule has 4 heteroatoms. The molecule has 0 spiro atoms. The van der Waals surface area contributed by atoms with Gasteiger partial charge in [-0.05, 0) is 0 Å². The summed E-state index contributed by atoms with van der Waals surface area (Å²) in [6.45, 7) is 0. The second-order valence-electron chi connectivity index (χ2n) is 0.682. The molecule has 0 aromatic carbocycles. The molecule has 0 bridgehead atoms. The summed E-state index contributed by atoms with van der Waals surface area (Å²) in [6.07, 6.45) is 0. The van der Waals surface area contributed by atoms with E-state index in [1.165, 1.54) is 0 Å². The van der Waals surface area contributed by atoms with E-state index in [4.69, 9.17) is 4.12 Å². The van der Waals surface area contributed by atoms with Crippen LogP contribution in [-0.4, -0.2) is 25.2 Å². The SMILES string of the molecule is [SiH3]O[SiH2]CBr. The van der Waals surface area contributed by atoms with Gasteiger partial charge in [-0.15, -0.1) is 0 Å². The van der Waals surface area contributed by atoms with Crippen molar-refractivity contribution in [3.63, 3.8) is 0 Å². The monoisotopic (exact) mass is 170 g/mol. The van der Waals surface area contributed by atoms with E-state index < -0.39 is 0 Å². The van der Waals surface area contributed by atoms with Crippen LogP contribution in [0, 0.1) is 0 Å². The largest absolute Gasteiger partial charge is 0.467 e. The Balaban J connectivity index is 2.19. The fraction of sp³-hybridized carbons (Fsp3) is 1.00. The van der Waals surface area contributed by atoms with Crippen molar-refractivity contribution < 1.29 is 4.12 Å². The fourth-order valence-corrected chi connectivity index (χ4v) is 3.61. The molecule has 0 heterocycles. The Morgan fingerprint density at radius 3 is 2.60 bits per heavy atom. The van der Waals surface area contributed by atoms with Crippen LogP contribution in [0.15, 0.2) is 0 Å². The van der Waals surface area contributed by atoms with Crippen LogP contribution in [0.25, 0.3) is 0 Å². The van der Waals surface area contributed by atoms with Crippen LogP contribution in [0.1, 0.15) is 0 Å². The lowest BCUT2D eigenvalue weighted by molar-refractivity contribution is 0.670. The van der Waals surface area contributed by atoms with Crippen LogP contribution in [0.5, 0.6) is 0 Å². The van der Waals surface area contributed by atoms with Crippen molar-refractivity contribution in [3.05, 3.63) is 0 Å². The van der Waals surface area contributed by atoms with Gasteiger partial charge in [-0.1, -0.05) is 15.9 Å². The Kier molecular flexibility index (Phi) is 5.73. The first-order valence-electron chi connectivity index (χ1n) is 1.46. The second-order valence-corrected chi connectivity index (χ2v) is 6.16. The van der Waals surface area contributed by atoms with E-state index in [1.807, 2.05) is 0 Å². The van der Waals surface area contributed by atoms with E-state index in [0.717, 1.165) is 15.4 Å². The molecule has 0 unspecified atom stereocenters. The first kappa shape index (κ1) is 5.87. The quantitative estimate of drug-likeness (QED) is 0.371. The Morgan fingerprint density at radius 2 is 2.60 bits per heavy atom. The van der Waals surface area contributed by atoms with Crippen LogP contribution in [0.4, 0.5) is 0 Å². The third-order valence-corrected chi connectivity index (χ3v) is 3.04. The van der Waals surface area contributed by atoms with Gasteiger partial charge < -0.3 is 4.12 Å². The lowest BCUT2D eigenvalue weighted by atomic mass is 11.9. The molecule has 0 saturated heterocycles. The third-order valence-electron chi connectivity index (χ3n) is 0.281. The van der Waals surface area contributed by atoms with Crippen LogP contribution < -0.4 is 0 Å². The molecule has 0 saturated carbocycles. The lowest BCUT2D eigenvalue weighted by Gasteiger charge is -1.82. The average molecular weight is 171 g/mol. The van der Waals surface area contributed by atoms with E-state index >= 15 is 0 Å². The Hall–Kier alpha value is 0.874. The molecule has 0 aliphatic rings. The molecule has 0 atom stereocenters. The zero-order valence-electron chi connectivity index (χ0n) is 3.20. The maximum absolute atomic E-state index is 4.92. The van der Waals surface area contributed by atoms with Crippen LogP contribution in [-0.2, 0) is 4.12 Å². The van der Waals surface area contributed by atoms with Crippen molar-refractivity contribution in [2.45, 2.75) is 0 Å². The molecule has 0 fully saturated rings. The number of hydrogen-bond donors (Lipinski definition) is 0. The maximum atomic E-state index is 4.92. The maximum Gasteiger partial charge on any atom is 0.156 e. The molecular formula is CH7BrOSi2. The molecule has 0 aliphatic heterocycles. The molecule has 0 N–H and O–H groups in total. The molecule has 0 amide bonds. The van der Waals surface area contributed by atoms with Gasteiger partial charge in [0.15, 0.2) is 9.76 Å². The Morgan fingerprint density at radius 1 is 2.00 bits per heavy atom. The van der Waals surface area contributed by atoms with E-state index in [2.05, 4.69) is 15.9 Å². The third kappa shape index (κ3) is 4.87. The minimum atomic E-state index is -0.0895. The Labute approximate surface area is 45.7 Å². The van der Waals surface area contributed by atoms with Gasteiger partial charge in [0.1, 0.15) is 10.5 Å². The van der Waals surface area contributed by atoms with Gasteiger partial charge in [-0.3, -0.25) is 0 Å². The van der Waals surface area contributed by atoms with Crippen molar-refractivity contribution in [2.24, 2.45) is 0 Å². The van der Waals surface area contributed by atoms with E-state index in [1.54, 1.807) is 0 Å². The van der Waals surface area contributed by atoms with Gasteiger partial charge >= 0.3 is 0 Å². The number of halogens is 1. The van der Waals surface area contributed by atoms with Crippen LogP contribution >= 0.6 is 15.9 Å². The molecule has 32 valence electrons. The van der Waals surface area contributed by atoms with Gasteiger partial charge in [0.05, 0.1) is 0 Å². The zero-order chi connectivity index (χ0) is 4.12. The zero-order valence-corrected chi connectivity index (χ0v) is 8.20. The Bertz CT molecular complexity index is 17.1. The topological polar surface area (TPSA) is 9.23 Å². The van der Waals surface area contributed by atoms with Crippen molar-refractivity contribution in [1.82, 2.24) is 0 Å². The van der Waals surface area contributed by atoms with Crippen LogP contribution in [0.3, 0.4) is 0 Å². The average Bonchev–Trinajstić information content (AvgIpc) is 1.41. The molecule has 1 nitrogen and oxygen atoms in total. The van der Waals surface area contributed by atoms with Crippen molar-refractivity contribution in [1.29, 1.82) is 0 Å². The second kappa shape index (κ2) is 4.87. The van der Waals surface area contributed by atoms with Crippen molar-refractivity contribution >= 4 is 36.2 Å². The van der Waals surface area contributed by atoms with Gasteiger partial charge in [-0.25, -0.2) is 0 Å². The summed E-state index contributed by atoms with van der Waals surface area (Å²) in [5.41, 5.74) is 0. The molecule has 5 heavy (non-hydrogen) atoms. The molecule has 0 aliphatic carbocycles. The first-order chi connectivity index (χ1) is 2.41. The van der Waals surface area contributed by atoms with E-state index in [9.17, 15) is 0 Å². The van der Waals surface area contributed by atoms with Crippen LogP contribution in [0.2, 0.25) is 0 Å². The smallest absolute Gasteiger partial charge is 0.156 e. The van der Waals surface area contributed by atoms with Gasteiger partial charge in [0.2, 0.25) is 0 Å². The molecular weight excluding hydrogens is 164 g/mol. The molecule has 0 radical (unpaired) electrons. The predicted octanol–water partition coefficient (Wildman–Crippen LogP) is -1.28. The van der Waals surface area contributed by atoms with E-state index in [0.29, 0.717) is 0 Å². The standard InChI is InChI=1S/CH7BrOSi2/c2-1-5-3-4/h1,5H2,4H3. The molecule has 0 rings (SSSR count). The van der Waals surface area contributed by atoms with Gasteiger partial charge in [0.25, 0.3) is 0 Å². The number of rotatable bonds is 2. The van der Waals surface area contributed by atoms with Crippen molar-refractivity contribution in [2.75, 3.05) is 4.95 Å². The summed E-state index contributed by atoms with van der Waals surface area (Å²) in [4.78, 5) is 1.11. The summed E-state index contributed by atoms with van der Waals surface area (Å²) < 4.78 is 4.92. The highest BCUT2D eigenvalue weighted by Crippen LogP contribution is 1.71. The summed E-state index contributed by atoms with van der Waals surface area (Å²) in [7, 11) is 0.841. The van der Waals surface area contributed by atoms with E-state index in [-0.39, 0.29) is 9.76 Å². The lowest BCUT2D eigenvalue weighted by Crippen LogP contribution is -1.93. The summed E-state index contributed by atoms with van der Waals surface area (Å²) in [5.74, 6) is 0. The minimum absolute atomic E-state index is 0.0895. The fourth-order valence-electron chi connectivity index (χ4n) is 0.0772. The number of alkyl halides is 1. The summed E-state index contributed by atoms with van der Waals surface area (Å²) >= 11 is 3.27. The van der Waals surface area contributed by atoms with Gasteiger partial charge in [-0.2, -0.15) is 0 Å².